The van der Waals surface area contributed by atoms with Crippen LogP contribution in [0.1, 0.15) is 30.8 Å². The van der Waals surface area contributed by atoms with Crippen LogP contribution in [0.3, 0.4) is 0 Å². The smallest absolute Gasteiger partial charge is 0.216 e. The number of aromatic nitrogens is 3. The average molecular weight is 359 g/mol. The number of nitrogens with one attached hydrogen (secondary N) is 1. The molecule has 0 unspecified atom stereocenters. The van der Waals surface area contributed by atoms with E-state index in [-0.39, 0.29) is 0 Å². The molecule has 0 saturated heterocycles. The number of nitrogens with zero attached hydrogens (tertiary/aromatic N) is 3. The van der Waals surface area contributed by atoms with Crippen LogP contribution >= 0.6 is 23.8 Å². The molecule has 5 nitrogen and oxygen atoms in total. The molecule has 4 rings (SSSR count). The van der Waals surface area contributed by atoms with Gasteiger partial charge >= 0.3 is 0 Å². The predicted molar refractivity (Wildman–Crippen MR) is 96.1 cm³/mol. The average Bonchev–Trinajstić information content (AvgIpc) is 2.97. The fourth-order valence-corrected chi connectivity index (χ4v) is 3.05. The first-order valence-electron chi connectivity index (χ1n) is 7.69. The van der Waals surface area contributed by atoms with Crippen LogP contribution in [0.5, 0.6) is 0 Å². The van der Waals surface area contributed by atoms with E-state index in [0.29, 0.717) is 33.2 Å². The third kappa shape index (κ3) is 2.95. The Morgan fingerprint density at radius 1 is 1.42 bits per heavy atom. The van der Waals surface area contributed by atoms with Gasteiger partial charge in [0.15, 0.2) is 5.82 Å². The lowest BCUT2D eigenvalue weighted by atomic mass is 10.2. The van der Waals surface area contributed by atoms with E-state index in [1.165, 1.54) is 6.42 Å². The molecule has 0 amide bonds. The van der Waals surface area contributed by atoms with Gasteiger partial charge in [-0.15, -0.1) is 0 Å². The van der Waals surface area contributed by atoms with Crippen LogP contribution in [-0.4, -0.2) is 21.1 Å². The normalized spacial score (nSPS) is 19.9. The van der Waals surface area contributed by atoms with Crippen molar-refractivity contribution in [2.24, 2.45) is 11.0 Å². The third-order valence-electron chi connectivity index (χ3n) is 4.16. The Kier molecular flexibility index (Phi) is 3.86. The Morgan fingerprint density at radius 2 is 2.25 bits per heavy atom. The monoisotopic (exact) mass is 358 g/mol. The van der Waals surface area contributed by atoms with Crippen LogP contribution in [0.15, 0.2) is 45.9 Å². The van der Waals surface area contributed by atoms with Crippen molar-refractivity contribution in [3.63, 3.8) is 0 Å². The summed E-state index contributed by atoms with van der Waals surface area (Å²) >= 11 is 11.3. The summed E-state index contributed by atoms with van der Waals surface area (Å²) < 4.78 is 7.80. The van der Waals surface area contributed by atoms with E-state index in [2.05, 4.69) is 22.2 Å². The molecule has 1 aliphatic rings. The fraction of sp³-hybridized carbons (Fsp3) is 0.235. The molecule has 0 bridgehead atoms. The van der Waals surface area contributed by atoms with Crippen molar-refractivity contribution in [1.82, 2.24) is 14.9 Å². The Hall–Kier alpha value is -2.18. The van der Waals surface area contributed by atoms with E-state index >= 15 is 0 Å². The van der Waals surface area contributed by atoms with Crippen LogP contribution in [0.4, 0.5) is 0 Å². The summed E-state index contributed by atoms with van der Waals surface area (Å²) in [5.41, 5.74) is 0.832. The van der Waals surface area contributed by atoms with Gasteiger partial charge in [-0.25, -0.2) is 5.10 Å². The van der Waals surface area contributed by atoms with Crippen molar-refractivity contribution in [2.45, 2.75) is 19.3 Å². The molecule has 2 heterocycles. The number of halogens is 1. The second-order valence-corrected chi connectivity index (χ2v) is 6.80. The van der Waals surface area contributed by atoms with Crippen LogP contribution < -0.4 is 0 Å². The van der Waals surface area contributed by atoms with E-state index in [9.17, 15) is 0 Å². The molecule has 1 aromatic carbocycles. The van der Waals surface area contributed by atoms with E-state index in [1.807, 2.05) is 36.4 Å². The molecular weight excluding hydrogens is 344 g/mol. The van der Waals surface area contributed by atoms with Crippen molar-refractivity contribution >= 4 is 30.0 Å². The zero-order valence-corrected chi connectivity index (χ0v) is 14.5. The summed E-state index contributed by atoms with van der Waals surface area (Å²) in [7, 11) is 0. The summed E-state index contributed by atoms with van der Waals surface area (Å²) in [5.74, 6) is 3.57. The third-order valence-corrected chi connectivity index (χ3v) is 4.66. The number of furan rings is 1. The molecule has 0 radical (unpaired) electrons. The molecule has 2 aromatic heterocycles. The Morgan fingerprint density at radius 3 is 3.00 bits per heavy atom. The minimum Gasteiger partial charge on any atom is -0.460 e. The van der Waals surface area contributed by atoms with Crippen molar-refractivity contribution in [2.75, 3.05) is 0 Å². The molecule has 1 saturated carbocycles. The lowest BCUT2D eigenvalue weighted by molar-refractivity contribution is 0.500. The van der Waals surface area contributed by atoms with Gasteiger partial charge in [0.2, 0.25) is 4.77 Å². The van der Waals surface area contributed by atoms with E-state index in [4.69, 9.17) is 28.2 Å². The molecule has 1 N–H and O–H groups in total. The number of hydrogen-bond acceptors (Lipinski definition) is 4. The van der Waals surface area contributed by atoms with Gasteiger partial charge in [0.25, 0.3) is 0 Å². The van der Waals surface area contributed by atoms with Gasteiger partial charge < -0.3 is 4.42 Å². The molecule has 2 atom stereocenters. The largest absolute Gasteiger partial charge is 0.460 e. The minimum atomic E-state index is 0.406. The van der Waals surface area contributed by atoms with Gasteiger partial charge in [-0.1, -0.05) is 30.7 Å². The van der Waals surface area contributed by atoms with Crippen LogP contribution in [0, 0.1) is 10.7 Å². The van der Waals surface area contributed by atoms with Crippen molar-refractivity contribution in [3.8, 4) is 11.4 Å². The zero-order valence-electron chi connectivity index (χ0n) is 12.9. The quantitative estimate of drug-likeness (QED) is 0.535. The van der Waals surface area contributed by atoms with Gasteiger partial charge in [0.1, 0.15) is 11.5 Å². The highest BCUT2D eigenvalue weighted by molar-refractivity contribution is 7.71. The van der Waals surface area contributed by atoms with Gasteiger partial charge in [0, 0.05) is 16.5 Å². The fourth-order valence-electron chi connectivity index (χ4n) is 2.68. The van der Waals surface area contributed by atoms with Crippen LogP contribution in [-0.2, 0) is 0 Å². The maximum atomic E-state index is 6.05. The zero-order chi connectivity index (χ0) is 16.7. The topological polar surface area (TPSA) is 59.1 Å². The second kappa shape index (κ2) is 6.03. The Labute approximate surface area is 149 Å². The SMILES string of the molecule is C[C@@H]1C[C@H]1c1ccc(/C=N\n2c(-c3cccc(Cl)c3)n[nH]c2=S)o1. The lowest BCUT2D eigenvalue weighted by Gasteiger charge is -2.01. The molecular formula is C17H15ClN4OS. The maximum Gasteiger partial charge on any atom is 0.216 e. The molecule has 3 aromatic rings. The second-order valence-electron chi connectivity index (χ2n) is 5.98. The first-order chi connectivity index (χ1) is 11.6. The molecule has 122 valence electrons. The van der Waals surface area contributed by atoms with E-state index < -0.39 is 0 Å². The van der Waals surface area contributed by atoms with Gasteiger partial charge in [-0.3, -0.25) is 0 Å². The Balaban J connectivity index is 1.64. The summed E-state index contributed by atoms with van der Waals surface area (Å²) in [6.07, 6.45) is 2.84. The number of aromatic amines is 1. The lowest BCUT2D eigenvalue weighted by Crippen LogP contribution is -1.94. The first kappa shape index (κ1) is 15.4. The highest BCUT2D eigenvalue weighted by Crippen LogP contribution is 2.47. The van der Waals surface area contributed by atoms with Crippen molar-refractivity contribution in [3.05, 3.63) is 57.7 Å². The van der Waals surface area contributed by atoms with Gasteiger partial charge in [0.05, 0.1) is 6.21 Å². The van der Waals surface area contributed by atoms with E-state index in [1.54, 1.807) is 10.9 Å². The molecule has 24 heavy (non-hydrogen) atoms. The summed E-state index contributed by atoms with van der Waals surface area (Å²) in [5, 5.41) is 12.0. The highest BCUT2D eigenvalue weighted by Gasteiger charge is 2.36. The number of hydrogen-bond donors (Lipinski definition) is 1. The number of rotatable bonds is 4. The minimum absolute atomic E-state index is 0.406. The van der Waals surface area contributed by atoms with E-state index in [0.717, 1.165) is 11.3 Å². The first-order valence-corrected chi connectivity index (χ1v) is 8.48. The predicted octanol–water partition coefficient (Wildman–Crippen LogP) is 4.86. The highest BCUT2D eigenvalue weighted by atomic mass is 35.5. The number of benzene rings is 1. The van der Waals surface area contributed by atoms with Crippen LogP contribution in [0.25, 0.3) is 11.4 Å². The summed E-state index contributed by atoms with van der Waals surface area (Å²) in [4.78, 5) is 0. The van der Waals surface area contributed by atoms with Gasteiger partial charge in [-0.05, 0) is 48.8 Å². The van der Waals surface area contributed by atoms with Gasteiger partial charge in [-0.2, -0.15) is 14.9 Å². The Bertz CT molecular complexity index is 971. The van der Waals surface area contributed by atoms with Crippen LogP contribution in [0.2, 0.25) is 5.02 Å². The molecule has 1 aliphatic carbocycles. The number of H-pyrrole nitrogens is 1. The van der Waals surface area contributed by atoms with Crippen molar-refractivity contribution in [1.29, 1.82) is 0 Å². The molecule has 0 aliphatic heterocycles. The maximum absolute atomic E-state index is 6.05. The molecule has 1 fully saturated rings. The van der Waals surface area contributed by atoms with Crippen molar-refractivity contribution < 1.29 is 4.42 Å². The molecule has 7 heteroatoms. The summed E-state index contributed by atoms with van der Waals surface area (Å²) in [6, 6.07) is 11.3. The standard InChI is InChI=1S/C17H15ClN4OS/c1-10-7-14(10)15-6-5-13(23-15)9-19-22-16(20-21-17(22)24)11-3-2-4-12(18)8-11/h2-6,8-10,14H,7H2,1H3,(H,21,24)/b19-9-/t10-,14-/m1/s1. The molecule has 0 spiro atoms. The summed E-state index contributed by atoms with van der Waals surface area (Å²) in [6.45, 7) is 2.23.